The standard InChI is InChI=1S/C6H12O7.ClH.Sn.2H/c7-1-2(8)3(9)4(10)5(11)6(12)13;;;;/h2-5,7-11H,1H2,(H,12,13);1H;;;/t2-,3-,4+,5-;;;;/m1..../s1. The first-order valence-corrected chi connectivity index (χ1v) is 3.47. The molecule has 0 aromatic heterocycles. The Kier molecular flexibility index (Phi) is 13.2. The van der Waals surface area contributed by atoms with Gasteiger partial charge in [-0.15, -0.1) is 12.4 Å². The second-order valence-electron chi connectivity index (χ2n) is 2.51. The Balaban J connectivity index is -0.000000720. The van der Waals surface area contributed by atoms with Gasteiger partial charge in [0.15, 0.2) is 6.10 Å². The molecule has 92 valence electrons. The molecule has 0 spiro atoms. The van der Waals surface area contributed by atoms with Crippen molar-refractivity contribution in [1.82, 2.24) is 0 Å². The number of rotatable bonds is 5. The monoisotopic (exact) mass is 354 g/mol. The summed E-state index contributed by atoms with van der Waals surface area (Å²) in [6, 6.07) is 0. The SMILES string of the molecule is Cl.O=C(O)[C@H](O)[C@@H](O)[C@H](O)[C@H](O)CO.[SnH2]. The summed E-state index contributed by atoms with van der Waals surface area (Å²) < 4.78 is 0. The zero-order valence-electron chi connectivity index (χ0n) is 7.72. The third-order valence-corrected chi connectivity index (χ3v) is 1.51. The molecule has 9 heteroatoms. The summed E-state index contributed by atoms with van der Waals surface area (Å²) in [5, 5.41) is 51.8. The molecule has 0 aliphatic heterocycles. The number of aliphatic hydroxyl groups excluding tert-OH is 5. The predicted molar refractivity (Wildman–Crippen MR) is 54.5 cm³/mol. The fourth-order valence-electron chi connectivity index (χ4n) is 0.668. The van der Waals surface area contributed by atoms with Gasteiger partial charge < -0.3 is 30.6 Å². The van der Waals surface area contributed by atoms with Crippen molar-refractivity contribution in [3.8, 4) is 0 Å². The van der Waals surface area contributed by atoms with Gasteiger partial charge in [-0.1, -0.05) is 0 Å². The van der Waals surface area contributed by atoms with Gasteiger partial charge in [-0.05, 0) is 0 Å². The molecule has 0 aliphatic carbocycles. The summed E-state index contributed by atoms with van der Waals surface area (Å²) in [5.41, 5.74) is 0. The Bertz CT molecular complexity index is 181. The van der Waals surface area contributed by atoms with Gasteiger partial charge >= 0.3 is 29.9 Å². The first kappa shape index (κ1) is 20.7. The van der Waals surface area contributed by atoms with Gasteiger partial charge in [0.05, 0.1) is 6.61 Å². The molecule has 7 nitrogen and oxygen atoms in total. The van der Waals surface area contributed by atoms with E-state index >= 15 is 0 Å². The van der Waals surface area contributed by atoms with E-state index in [1.807, 2.05) is 0 Å². The fraction of sp³-hybridized carbons (Fsp3) is 0.833. The van der Waals surface area contributed by atoms with E-state index in [0.717, 1.165) is 0 Å². The van der Waals surface area contributed by atoms with Crippen LogP contribution in [0.25, 0.3) is 0 Å². The van der Waals surface area contributed by atoms with Crippen LogP contribution < -0.4 is 0 Å². The van der Waals surface area contributed by atoms with E-state index in [2.05, 4.69) is 0 Å². The average Bonchev–Trinajstić information content (AvgIpc) is 2.12. The number of aliphatic hydroxyl groups is 5. The van der Waals surface area contributed by atoms with Crippen molar-refractivity contribution in [3.05, 3.63) is 0 Å². The van der Waals surface area contributed by atoms with Crippen molar-refractivity contribution in [3.63, 3.8) is 0 Å². The molecule has 0 fully saturated rings. The molecular weight excluding hydrogens is 338 g/mol. The Morgan fingerprint density at radius 2 is 1.47 bits per heavy atom. The predicted octanol–water partition coefficient (Wildman–Crippen LogP) is -3.99. The summed E-state index contributed by atoms with van der Waals surface area (Å²) in [6.07, 6.45) is -7.84. The van der Waals surface area contributed by atoms with Crippen molar-refractivity contribution >= 4 is 42.3 Å². The van der Waals surface area contributed by atoms with Crippen LogP contribution in [0.4, 0.5) is 0 Å². The molecular formula is C6H15ClO7Sn. The molecule has 2 radical (unpaired) electrons. The average molecular weight is 353 g/mol. The van der Waals surface area contributed by atoms with E-state index in [0.29, 0.717) is 0 Å². The Morgan fingerprint density at radius 1 is 1.07 bits per heavy atom. The van der Waals surface area contributed by atoms with Gasteiger partial charge in [-0.2, -0.15) is 0 Å². The van der Waals surface area contributed by atoms with Gasteiger partial charge in [0, 0.05) is 0 Å². The van der Waals surface area contributed by atoms with Crippen LogP contribution in [0.5, 0.6) is 0 Å². The second kappa shape index (κ2) is 9.58. The van der Waals surface area contributed by atoms with Crippen LogP contribution in [0.15, 0.2) is 0 Å². The Hall–Kier alpha value is 0.359. The fourth-order valence-corrected chi connectivity index (χ4v) is 0.668. The molecule has 0 bridgehead atoms. The molecule has 0 heterocycles. The third-order valence-electron chi connectivity index (χ3n) is 1.51. The summed E-state index contributed by atoms with van der Waals surface area (Å²) in [4.78, 5) is 10.1. The summed E-state index contributed by atoms with van der Waals surface area (Å²) in [7, 11) is 0. The van der Waals surface area contributed by atoms with Crippen molar-refractivity contribution < 1.29 is 35.4 Å². The van der Waals surface area contributed by atoms with Crippen molar-refractivity contribution in [2.24, 2.45) is 0 Å². The van der Waals surface area contributed by atoms with E-state index in [9.17, 15) is 4.79 Å². The van der Waals surface area contributed by atoms with Crippen LogP contribution >= 0.6 is 12.4 Å². The number of aliphatic carboxylic acids is 1. The molecule has 0 amide bonds. The molecule has 4 atom stereocenters. The van der Waals surface area contributed by atoms with Crippen LogP contribution in [0, 0.1) is 0 Å². The first-order chi connectivity index (χ1) is 5.91. The number of hydrogen-bond acceptors (Lipinski definition) is 6. The van der Waals surface area contributed by atoms with Crippen LogP contribution in [-0.4, -0.2) is 91.5 Å². The minimum absolute atomic E-state index is 0. The van der Waals surface area contributed by atoms with Crippen molar-refractivity contribution in [2.75, 3.05) is 6.61 Å². The topological polar surface area (TPSA) is 138 Å². The molecule has 6 N–H and O–H groups in total. The van der Waals surface area contributed by atoms with E-state index < -0.39 is 37.0 Å². The molecule has 15 heavy (non-hydrogen) atoms. The molecule has 0 rings (SSSR count). The van der Waals surface area contributed by atoms with Gasteiger partial charge in [0.25, 0.3) is 0 Å². The number of carbonyl (C=O) groups is 1. The van der Waals surface area contributed by atoms with Crippen molar-refractivity contribution in [2.45, 2.75) is 24.4 Å². The van der Waals surface area contributed by atoms with Gasteiger partial charge in [0.2, 0.25) is 0 Å². The van der Waals surface area contributed by atoms with Gasteiger partial charge in [-0.25, -0.2) is 4.79 Å². The summed E-state index contributed by atoms with van der Waals surface area (Å²) >= 11 is 0. The number of hydrogen-bond donors (Lipinski definition) is 6. The molecule has 0 aliphatic rings. The number of carboxylic acid groups (broad SMARTS) is 1. The van der Waals surface area contributed by atoms with Gasteiger partial charge in [0.1, 0.15) is 18.3 Å². The molecule has 0 aromatic carbocycles. The van der Waals surface area contributed by atoms with Crippen LogP contribution in [0.2, 0.25) is 0 Å². The van der Waals surface area contributed by atoms with E-state index in [4.69, 9.17) is 30.6 Å². The van der Waals surface area contributed by atoms with E-state index in [-0.39, 0.29) is 36.3 Å². The van der Waals surface area contributed by atoms with E-state index in [1.165, 1.54) is 0 Å². The minimum atomic E-state index is -2.20. The summed E-state index contributed by atoms with van der Waals surface area (Å²) in [5.74, 6) is -1.73. The Labute approximate surface area is 109 Å². The maximum atomic E-state index is 10.1. The zero-order valence-corrected chi connectivity index (χ0v) is 12.6. The normalized spacial score (nSPS) is 17.7. The Morgan fingerprint density at radius 3 is 1.73 bits per heavy atom. The van der Waals surface area contributed by atoms with Crippen molar-refractivity contribution in [1.29, 1.82) is 0 Å². The maximum absolute atomic E-state index is 10.1. The molecule has 0 aromatic rings. The quantitative estimate of drug-likeness (QED) is 0.277. The van der Waals surface area contributed by atoms with E-state index in [1.54, 1.807) is 0 Å². The molecule has 0 saturated heterocycles. The number of carboxylic acids is 1. The van der Waals surface area contributed by atoms with Crippen LogP contribution in [-0.2, 0) is 4.79 Å². The van der Waals surface area contributed by atoms with Crippen LogP contribution in [0.3, 0.4) is 0 Å². The molecule has 0 saturated carbocycles. The summed E-state index contributed by atoms with van der Waals surface area (Å²) in [6.45, 7) is -0.843. The second-order valence-corrected chi connectivity index (χ2v) is 2.51. The van der Waals surface area contributed by atoms with Gasteiger partial charge in [-0.3, -0.25) is 0 Å². The molecule has 0 unspecified atom stereocenters. The number of halogens is 1. The van der Waals surface area contributed by atoms with Crippen LogP contribution in [0.1, 0.15) is 0 Å². The first-order valence-electron chi connectivity index (χ1n) is 3.47. The zero-order chi connectivity index (χ0) is 10.6. The third kappa shape index (κ3) is 6.51.